The summed E-state index contributed by atoms with van der Waals surface area (Å²) in [7, 11) is 0. The van der Waals surface area contributed by atoms with Crippen LogP contribution in [0.2, 0.25) is 0 Å². The quantitative estimate of drug-likeness (QED) is 0.907. The van der Waals surface area contributed by atoms with Gasteiger partial charge in [0.1, 0.15) is 5.75 Å². The van der Waals surface area contributed by atoms with Crippen LogP contribution in [0, 0.1) is 0 Å². The fourth-order valence-electron chi connectivity index (χ4n) is 2.90. The fraction of sp³-hybridized carbons (Fsp3) is 0.533. The predicted molar refractivity (Wildman–Crippen MR) is 69.5 cm³/mol. The van der Waals surface area contributed by atoms with Crippen LogP contribution in [-0.2, 0) is 22.4 Å². The Bertz CT molecular complexity index is 489. The van der Waals surface area contributed by atoms with Crippen LogP contribution in [0.1, 0.15) is 30.4 Å². The van der Waals surface area contributed by atoms with Crippen LogP contribution in [0.25, 0.3) is 0 Å². The van der Waals surface area contributed by atoms with E-state index in [0.29, 0.717) is 31.8 Å². The molecule has 0 bridgehead atoms. The smallest absolute Gasteiger partial charge is 0.348 e. The molecule has 1 N–H and O–H groups in total. The van der Waals surface area contributed by atoms with E-state index in [0.717, 1.165) is 12.8 Å². The highest BCUT2D eigenvalue weighted by Crippen LogP contribution is 2.31. The first-order valence-corrected chi connectivity index (χ1v) is 6.82. The summed E-state index contributed by atoms with van der Waals surface area (Å²) in [6, 6.07) is 5.96. The number of rotatable bonds is 3. The average molecular weight is 262 g/mol. The fourth-order valence-corrected chi connectivity index (χ4v) is 2.90. The molecule has 102 valence electrons. The minimum absolute atomic E-state index is 0.402. The molecule has 1 saturated heterocycles. The van der Waals surface area contributed by atoms with E-state index in [1.165, 1.54) is 17.5 Å². The average Bonchev–Trinajstić information content (AvgIpc) is 2.87. The summed E-state index contributed by atoms with van der Waals surface area (Å²) in [6.45, 7) is 0.883. The van der Waals surface area contributed by atoms with Gasteiger partial charge in [-0.1, -0.05) is 6.07 Å². The number of carbonyl (C=O) groups is 1. The summed E-state index contributed by atoms with van der Waals surface area (Å²) >= 11 is 0. The van der Waals surface area contributed by atoms with Crippen LogP contribution in [0.15, 0.2) is 18.2 Å². The number of aliphatic carboxylic acids is 1. The van der Waals surface area contributed by atoms with Crippen molar-refractivity contribution in [2.75, 3.05) is 13.2 Å². The van der Waals surface area contributed by atoms with E-state index in [1.54, 1.807) is 0 Å². The molecule has 4 nitrogen and oxygen atoms in total. The van der Waals surface area contributed by atoms with Gasteiger partial charge in [0, 0.05) is 12.8 Å². The summed E-state index contributed by atoms with van der Waals surface area (Å²) in [5.74, 6) is -0.221. The van der Waals surface area contributed by atoms with Crippen molar-refractivity contribution < 1.29 is 19.4 Å². The van der Waals surface area contributed by atoms with Gasteiger partial charge >= 0.3 is 5.97 Å². The summed E-state index contributed by atoms with van der Waals surface area (Å²) in [4.78, 5) is 11.5. The van der Waals surface area contributed by atoms with Gasteiger partial charge in [-0.15, -0.1) is 0 Å². The molecule has 0 spiro atoms. The van der Waals surface area contributed by atoms with E-state index in [1.807, 2.05) is 12.1 Å². The van der Waals surface area contributed by atoms with E-state index in [9.17, 15) is 9.90 Å². The maximum atomic E-state index is 11.5. The number of fused-ring (bicyclic) bond motifs is 1. The van der Waals surface area contributed by atoms with Gasteiger partial charge < -0.3 is 14.6 Å². The van der Waals surface area contributed by atoms with Gasteiger partial charge in [0.05, 0.1) is 13.2 Å². The summed E-state index contributed by atoms with van der Waals surface area (Å²) < 4.78 is 11.1. The van der Waals surface area contributed by atoms with Crippen molar-refractivity contribution in [2.45, 2.75) is 37.7 Å². The second-order valence-corrected chi connectivity index (χ2v) is 5.30. The van der Waals surface area contributed by atoms with Crippen molar-refractivity contribution in [3.63, 3.8) is 0 Å². The molecule has 1 aromatic carbocycles. The molecule has 0 atom stereocenters. The van der Waals surface area contributed by atoms with E-state index in [4.69, 9.17) is 9.47 Å². The third kappa shape index (κ3) is 2.32. The van der Waals surface area contributed by atoms with E-state index in [2.05, 4.69) is 6.07 Å². The predicted octanol–water partition coefficient (Wildman–Crippen LogP) is 2.19. The zero-order valence-electron chi connectivity index (χ0n) is 10.9. The molecular formula is C15H18O4. The molecule has 0 saturated carbocycles. The Kier molecular flexibility index (Phi) is 3.19. The first-order valence-electron chi connectivity index (χ1n) is 6.82. The van der Waals surface area contributed by atoms with E-state index in [-0.39, 0.29) is 0 Å². The van der Waals surface area contributed by atoms with Crippen molar-refractivity contribution in [1.29, 1.82) is 0 Å². The highest BCUT2D eigenvalue weighted by Gasteiger charge is 2.42. The molecule has 19 heavy (non-hydrogen) atoms. The molecule has 1 aliphatic carbocycles. The molecular weight excluding hydrogens is 244 g/mol. The van der Waals surface area contributed by atoms with Crippen molar-refractivity contribution in [1.82, 2.24) is 0 Å². The molecule has 0 radical (unpaired) electrons. The monoisotopic (exact) mass is 262 g/mol. The third-order valence-corrected chi connectivity index (χ3v) is 4.07. The number of aryl methyl sites for hydroxylation is 2. The normalized spacial score (nSPS) is 20.8. The first-order chi connectivity index (χ1) is 9.20. The molecule has 4 heteroatoms. The summed E-state index contributed by atoms with van der Waals surface area (Å²) in [5.41, 5.74) is 1.54. The lowest BCUT2D eigenvalue weighted by Gasteiger charge is -2.33. The van der Waals surface area contributed by atoms with Gasteiger partial charge in [-0.2, -0.15) is 0 Å². The third-order valence-electron chi connectivity index (χ3n) is 4.07. The molecule has 3 rings (SSSR count). The van der Waals surface area contributed by atoms with E-state index >= 15 is 0 Å². The van der Waals surface area contributed by atoms with Gasteiger partial charge in [-0.25, -0.2) is 4.79 Å². The van der Waals surface area contributed by atoms with Crippen molar-refractivity contribution >= 4 is 5.97 Å². The number of carboxylic acid groups (broad SMARTS) is 1. The molecule has 2 aliphatic rings. The summed E-state index contributed by atoms with van der Waals surface area (Å²) in [5, 5.41) is 9.46. The largest absolute Gasteiger partial charge is 0.478 e. The molecule has 0 amide bonds. The van der Waals surface area contributed by atoms with Gasteiger partial charge in [0.15, 0.2) is 0 Å². The Balaban J connectivity index is 1.84. The zero-order chi connectivity index (χ0) is 13.3. The molecule has 0 aromatic heterocycles. The lowest BCUT2D eigenvalue weighted by Crippen LogP contribution is -2.49. The van der Waals surface area contributed by atoms with Crippen LogP contribution < -0.4 is 4.74 Å². The topological polar surface area (TPSA) is 55.8 Å². The van der Waals surface area contributed by atoms with Crippen LogP contribution in [0.3, 0.4) is 0 Å². The number of carboxylic acids is 1. The Morgan fingerprint density at radius 3 is 2.68 bits per heavy atom. The highest BCUT2D eigenvalue weighted by atomic mass is 16.5. The number of hydrogen-bond acceptors (Lipinski definition) is 3. The lowest BCUT2D eigenvalue weighted by atomic mass is 9.94. The van der Waals surface area contributed by atoms with Crippen LogP contribution in [0.4, 0.5) is 0 Å². The Morgan fingerprint density at radius 1 is 1.21 bits per heavy atom. The molecule has 1 aliphatic heterocycles. The van der Waals surface area contributed by atoms with Gasteiger partial charge in [-0.05, 0) is 42.5 Å². The maximum absolute atomic E-state index is 11.5. The lowest BCUT2D eigenvalue weighted by molar-refractivity contribution is -0.163. The molecule has 1 heterocycles. The van der Waals surface area contributed by atoms with Crippen molar-refractivity contribution in [2.24, 2.45) is 0 Å². The molecule has 1 aromatic rings. The summed E-state index contributed by atoms with van der Waals surface area (Å²) in [6.07, 6.45) is 4.17. The second-order valence-electron chi connectivity index (χ2n) is 5.30. The Labute approximate surface area is 112 Å². The van der Waals surface area contributed by atoms with Gasteiger partial charge in [0.2, 0.25) is 5.60 Å². The highest BCUT2D eigenvalue weighted by molar-refractivity contribution is 5.78. The van der Waals surface area contributed by atoms with Crippen LogP contribution in [0.5, 0.6) is 5.75 Å². The minimum Gasteiger partial charge on any atom is -0.478 e. The van der Waals surface area contributed by atoms with Crippen molar-refractivity contribution in [3.8, 4) is 5.75 Å². The van der Waals surface area contributed by atoms with Gasteiger partial charge in [-0.3, -0.25) is 0 Å². The second kappa shape index (κ2) is 4.85. The SMILES string of the molecule is O=C(O)C1(Oc2ccc3c(c2)CCC3)CCOCC1. The van der Waals surface area contributed by atoms with Crippen LogP contribution >= 0.6 is 0 Å². The number of ether oxygens (including phenoxy) is 2. The first kappa shape index (κ1) is 12.5. The molecule has 1 fully saturated rings. The number of hydrogen-bond donors (Lipinski definition) is 1. The molecule has 0 unspecified atom stereocenters. The Hall–Kier alpha value is -1.55. The zero-order valence-corrected chi connectivity index (χ0v) is 10.9. The standard InChI is InChI=1S/C15H18O4/c16-14(17)15(6-8-18-9-7-15)19-13-5-4-11-2-1-3-12(11)10-13/h4-5,10H,1-3,6-9H2,(H,16,17). The maximum Gasteiger partial charge on any atom is 0.348 e. The van der Waals surface area contributed by atoms with Gasteiger partial charge in [0.25, 0.3) is 0 Å². The van der Waals surface area contributed by atoms with Crippen LogP contribution in [-0.4, -0.2) is 29.9 Å². The van der Waals surface area contributed by atoms with Crippen molar-refractivity contribution in [3.05, 3.63) is 29.3 Å². The Morgan fingerprint density at radius 2 is 1.95 bits per heavy atom. The number of benzene rings is 1. The van der Waals surface area contributed by atoms with E-state index < -0.39 is 11.6 Å². The minimum atomic E-state index is -1.12.